The number of aliphatic hydroxyl groups excluding tert-OH is 1. The summed E-state index contributed by atoms with van der Waals surface area (Å²) in [5.41, 5.74) is 1.74. The zero-order valence-corrected chi connectivity index (χ0v) is 14.1. The molecule has 1 aromatic rings. The number of nitrogens with one attached hydrogen (secondary N) is 1. The Morgan fingerprint density at radius 3 is 2.45 bits per heavy atom. The summed E-state index contributed by atoms with van der Waals surface area (Å²) in [7, 11) is 0. The van der Waals surface area contributed by atoms with Crippen LogP contribution >= 0.6 is 11.6 Å². The molecule has 20 heavy (non-hydrogen) atoms. The van der Waals surface area contributed by atoms with E-state index in [0.29, 0.717) is 6.04 Å². The molecule has 0 saturated carbocycles. The van der Waals surface area contributed by atoms with E-state index in [1.165, 1.54) is 0 Å². The summed E-state index contributed by atoms with van der Waals surface area (Å²) in [5.74, 6) is 0. The summed E-state index contributed by atoms with van der Waals surface area (Å²) >= 11 is 6.14. The van der Waals surface area contributed by atoms with Gasteiger partial charge in [-0.05, 0) is 40.0 Å². The average Bonchev–Trinajstić information content (AvgIpc) is 2.61. The molecule has 0 radical (unpaired) electrons. The van der Waals surface area contributed by atoms with Crippen LogP contribution < -0.4 is 5.32 Å². The van der Waals surface area contributed by atoms with E-state index in [0.717, 1.165) is 42.2 Å². The molecule has 116 valence electrons. The average molecular weight is 302 g/mol. The van der Waals surface area contributed by atoms with Gasteiger partial charge in [-0.3, -0.25) is 4.68 Å². The number of aliphatic hydroxyl groups is 1. The second kappa shape index (κ2) is 7.43. The summed E-state index contributed by atoms with van der Waals surface area (Å²) < 4.78 is 1.98. The molecule has 0 aliphatic rings. The predicted octanol–water partition coefficient (Wildman–Crippen LogP) is 3.07. The molecule has 0 saturated heterocycles. The zero-order chi connectivity index (χ0) is 15.3. The number of nitrogens with zero attached hydrogens (tertiary/aromatic N) is 2. The lowest BCUT2D eigenvalue weighted by Gasteiger charge is -2.31. The van der Waals surface area contributed by atoms with Crippen molar-refractivity contribution in [2.24, 2.45) is 0 Å². The molecule has 1 unspecified atom stereocenters. The van der Waals surface area contributed by atoms with Gasteiger partial charge in [0.25, 0.3) is 0 Å². The van der Waals surface area contributed by atoms with Crippen molar-refractivity contribution >= 4 is 11.6 Å². The van der Waals surface area contributed by atoms with Gasteiger partial charge in [-0.1, -0.05) is 25.4 Å². The van der Waals surface area contributed by atoms with E-state index in [2.05, 4.69) is 31.2 Å². The predicted molar refractivity (Wildman–Crippen MR) is 84.3 cm³/mol. The lowest BCUT2D eigenvalue weighted by Crippen LogP contribution is -2.49. The number of hydrogen-bond acceptors (Lipinski definition) is 3. The Bertz CT molecular complexity index is 431. The van der Waals surface area contributed by atoms with Crippen LogP contribution in [0.15, 0.2) is 0 Å². The minimum atomic E-state index is -0.194. The molecule has 0 fully saturated rings. The Balaban J connectivity index is 2.42. The summed E-state index contributed by atoms with van der Waals surface area (Å²) in [5, 5.41) is 18.2. The maximum atomic E-state index is 9.54. The number of hydrogen-bond donors (Lipinski definition) is 2. The van der Waals surface area contributed by atoms with Crippen molar-refractivity contribution in [3.8, 4) is 0 Å². The van der Waals surface area contributed by atoms with Crippen LogP contribution in [0.5, 0.6) is 0 Å². The third-order valence-electron chi connectivity index (χ3n) is 3.63. The fourth-order valence-electron chi connectivity index (χ4n) is 2.56. The Hall–Kier alpha value is -0.580. The Kier molecular flexibility index (Phi) is 6.49. The van der Waals surface area contributed by atoms with Crippen LogP contribution in [0.3, 0.4) is 0 Å². The largest absolute Gasteiger partial charge is 0.394 e. The van der Waals surface area contributed by atoms with E-state index in [4.69, 9.17) is 11.6 Å². The third-order valence-corrected chi connectivity index (χ3v) is 4.17. The highest BCUT2D eigenvalue weighted by Crippen LogP contribution is 2.20. The molecule has 0 amide bonds. The summed E-state index contributed by atoms with van der Waals surface area (Å²) in [6, 6.07) is 0.377. The van der Waals surface area contributed by atoms with Gasteiger partial charge < -0.3 is 10.4 Å². The molecular formula is C15H28ClN3O. The van der Waals surface area contributed by atoms with Crippen molar-refractivity contribution in [1.82, 2.24) is 15.1 Å². The van der Waals surface area contributed by atoms with Crippen LogP contribution in [0.4, 0.5) is 0 Å². The monoisotopic (exact) mass is 301 g/mol. The molecule has 0 aliphatic carbocycles. The minimum absolute atomic E-state index is 0.164. The highest BCUT2D eigenvalue weighted by Gasteiger charge is 2.23. The van der Waals surface area contributed by atoms with Crippen LogP contribution in [-0.4, -0.2) is 33.1 Å². The van der Waals surface area contributed by atoms with Gasteiger partial charge in [0.15, 0.2) is 0 Å². The lowest BCUT2D eigenvalue weighted by atomic mass is 9.95. The van der Waals surface area contributed by atoms with Gasteiger partial charge in [-0.25, -0.2) is 0 Å². The smallest absolute Gasteiger partial charge is 0.0844 e. The Morgan fingerprint density at radius 2 is 2.00 bits per heavy atom. The number of aromatic nitrogens is 2. The fourth-order valence-corrected chi connectivity index (χ4v) is 2.70. The molecule has 1 aromatic heterocycles. The van der Waals surface area contributed by atoms with E-state index in [-0.39, 0.29) is 12.1 Å². The Labute approximate surface area is 127 Å². The molecule has 0 aromatic carbocycles. The summed E-state index contributed by atoms with van der Waals surface area (Å²) in [4.78, 5) is 0. The van der Waals surface area contributed by atoms with Crippen molar-refractivity contribution in [3.05, 3.63) is 16.4 Å². The molecule has 1 rings (SSSR count). The van der Waals surface area contributed by atoms with Crippen molar-refractivity contribution in [1.29, 1.82) is 0 Å². The van der Waals surface area contributed by atoms with Crippen LogP contribution in [0.2, 0.25) is 5.02 Å². The number of unbranched alkanes of at least 4 members (excludes halogenated alkanes) is 1. The van der Waals surface area contributed by atoms with Crippen molar-refractivity contribution in [2.45, 2.75) is 72.0 Å². The molecule has 5 heteroatoms. The third kappa shape index (κ3) is 4.76. The lowest BCUT2D eigenvalue weighted by molar-refractivity contribution is 0.153. The van der Waals surface area contributed by atoms with Crippen LogP contribution in [-0.2, 0) is 6.54 Å². The molecule has 0 spiro atoms. The highest BCUT2D eigenvalue weighted by molar-refractivity contribution is 6.31. The van der Waals surface area contributed by atoms with Crippen LogP contribution in [0, 0.1) is 13.8 Å². The second-order valence-corrected chi connectivity index (χ2v) is 6.56. The maximum Gasteiger partial charge on any atom is 0.0844 e. The van der Waals surface area contributed by atoms with Gasteiger partial charge in [0.1, 0.15) is 0 Å². The van der Waals surface area contributed by atoms with E-state index in [1.807, 2.05) is 18.5 Å². The first-order valence-electron chi connectivity index (χ1n) is 7.37. The van der Waals surface area contributed by atoms with Gasteiger partial charge >= 0.3 is 0 Å². The quantitative estimate of drug-likeness (QED) is 0.726. The molecule has 1 atom stereocenters. The van der Waals surface area contributed by atoms with Crippen molar-refractivity contribution < 1.29 is 5.11 Å². The van der Waals surface area contributed by atoms with E-state index in [1.54, 1.807) is 0 Å². The van der Waals surface area contributed by atoms with E-state index in [9.17, 15) is 5.11 Å². The van der Waals surface area contributed by atoms with Crippen LogP contribution in [0.25, 0.3) is 0 Å². The number of halogens is 1. The Morgan fingerprint density at radius 1 is 1.35 bits per heavy atom. The van der Waals surface area contributed by atoms with Crippen molar-refractivity contribution in [3.63, 3.8) is 0 Å². The zero-order valence-electron chi connectivity index (χ0n) is 13.3. The first-order chi connectivity index (χ1) is 9.29. The SMILES string of the molecule is Cc1nn(CCCCC(C)(CO)NC(C)C)c(C)c1Cl. The normalized spacial score (nSPS) is 14.8. The van der Waals surface area contributed by atoms with E-state index < -0.39 is 0 Å². The fraction of sp³-hybridized carbons (Fsp3) is 0.800. The first kappa shape index (κ1) is 17.5. The number of rotatable bonds is 8. The van der Waals surface area contributed by atoms with Gasteiger partial charge in [0, 0.05) is 18.1 Å². The minimum Gasteiger partial charge on any atom is -0.394 e. The second-order valence-electron chi connectivity index (χ2n) is 6.18. The first-order valence-corrected chi connectivity index (χ1v) is 7.75. The van der Waals surface area contributed by atoms with Gasteiger partial charge in [0.05, 0.1) is 23.0 Å². The standard InChI is InChI=1S/C15H28ClN3O/c1-11(2)17-15(5,10-20)8-6-7-9-19-13(4)14(16)12(3)18-19/h11,17,20H,6-10H2,1-5H3. The van der Waals surface area contributed by atoms with Crippen molar-refractivity contribution in [2.75, 3.05) is 6.61 Å². The highest BCUT2D eigenvalue weighted by atomic mass is 35.5. The van der Waals surface area contributed by atoms with E-state index >= 15 is 0 Å². The van der Waals surface area contributed by atoms with Gasteiger partial charge in [-0.15, -0.1) is 0 Å². The molecule has 2 N–H and O–H groups in total. The molecule has 0 bridgehead atoms. The number of aryl methyl sites for hydroxylation is 2. The van der Waals surface area contributed by atoms with Gasteiger partial charge in [-0.2, -0.15) is 5.10 Å². The van der Waals surface area contributed by atoms with Crippen LogP contribution in [0.1, 0.15) is 51.4 Å². The topological polar surface area (TPSA) is 50.1 Å². The maximum absolute atomic E-state index is 9.54. The molecular weight excluding hydrogens is 274 g/mol. The molecule has 0 aliphatic heterocycles. The molecule has 4 nitrogen and oxygen atoms in total. The summed E-state index contributed by atoms with van der Waals surface area (Å²) in [6.45, 7) is 11.3. The summed E-state index contributed by atoms with van der Waals surface area (Å²) in [6.07, 6.45) is 3.04. The molecule has 1 heterocycles. The van der Waals surface area contributed by atoms with Gasteiger partial charge in [0.2, 0.25) is 0 Å².